The molecule has 0 fully saturated rings. The third-order valence-electron chi connectivity index (χ3n) is 6.85. The van der Waals surface area contributed by atoms with E-state index in [0.717, 1.165) is 50.5 Å². The highest BCUT2D eigenvalue weighted by Crippen LogP contribution is 2.46. The molecule has 0 saturated carbocycles. The van der Waals surface area contributed by atoms with E-state index in [1.165, 1.54) is 6.08 Å². The lowest BCUT2D eigenvalue weighted by Gasteiger charge is -2.17. The van der Waals surface area contributed by atoms with E-state index in [9.17, 15) is 5.11 Å². The van der Waals surface area contributed by atoms with Crippen molar-refractivity contribution in [2.75, 3.05) is 17.7 Å². The lowest BCUT2D eigenvalue weighted by Crippen LogP contribution is -2.15. The van der Waals surface area contributed by atoms with Crippen LogP contribution in [-0.2, 0) is 13.6 Å². The maximum absolute atomic E-state index is 10.0. The number of aromatic nitrogens is 4. The number of hydrogen-bond acceptors (Lipinski definition) is 8. The molecule has 1 aliphatic heterocycles. The molecule has 1 atom stereocenters. The number of aryl methyl sites for hydroxylation is 2. The number of anilines is 2. The molecule has 39 heavy (non-hydrogen) atoms. The van der Waals surface area contributed by atoms with Crippen LogP contribution in [0.1, 0.15) is 11.3 Å². The van der Waals surface area contributed by atoms with Gasteiger partial charge in [-0.3, -0.25) is 0 Å². The van der Waals surface area contributed by atoms with Gasteiger partial charge in [0.05, 0.1) is 23.9 Å². The zero-order valence-electron chi connectivity index (χ0n) is 21.9. The Morgan fingerprint density at radius 1 is 1.15 bits per heavy atom. The van der Waals surface area contributed by atoms with Gasteiger partial charge < -0.3 is 29.8 Å². The fourth-order valence-corrected chi connectivity index (χ4v) is 5.06. The lowest BCUT2D eigenvalue weighted by molar-refractivity contribution is 0.252. The van der Waals surface area contributed by atoms with Crippen LogP contribution in [0.25, 0.3) is 33.4 Å². The number of pyridine rings is 1. The van der Waals surface area contributed by atoms with Gasteiger partial charge in [-0.2, -0.15) is 0 Å². The van der Waals surface area contributed by atoms with Crippen molar-refractivity contribution in [1.29, 1.82) is 0 Å². The Morgan fingerprint density at radius 2 is 2.03 bits per heavy atom. The van der Waals surface area contributed by atoms with Crippen LogP contribution in [0.2, 0.25) is 0 Å². The molecule has 0 bridgehead atoms. The second-order valence-electron chi connectivity index (χ2n) is 9.34. The van der Waals surface area contributed by atoms with Gasteiger partial charge in [0, 0.05) is 36.5 Å². The Balaban J connectivity index is 1.51. The van der Waals surface area contributed by atoms with Gasteiger partial charge in [0.1, 0.15) is 35.5 Å². The van der Waals surface area contributed by atoms with E-state index >= 15 is 0 Å². The van der Waals surface area contributed by atoms with Crippen molar-refractivity contribution >= 4 is 22.5 Å². The fourth-order valence-electron chi connectivity index (χ4n) is 5.06. The minimum Gasteiger partial charge on any atom is -0.495 e. The molecule has 196 valence electrons. The van der Waals surface area contributed by atoms with Crippen LogP contribution in [-0.4, -0.2) is 38.0 Å². The van der Waals surface area contributed by atoms with E-state index in [4.69, 9.17) is 9.47 Å². The average molecular weight is 521 g/mol. The second kappa shape index (κ2) is 9.77. The molecule has 9 heteroatoms. The molecule has 1 aliphatic rings. The van der Waals surface area contributed by atoms with Crippen LogP contribution in [0.4, 0.5) is 11.5 Å². The summed E-state index contributed by atoms with van der Waals surface area (Å²) < 4.78 is 13.8. The number of methoxy groups -OCH3 is 1. The number of benzene rings is 2. The summed E-state index contributed by atoms with van der Waals surface area (Å²) >= 11 is 0. The summed E-state index contributed by atoms with van der Waals surface area (Å²) in [5, 5.41) is 17.5. The first-order chi connectivity index (χ1) is 19.0. The van der Waals surface area contributed by atoms with E-state index in [1.807, 2.05) is 62.5 Å². The minimum absolute atomic E-state index is 0.552. The van der Waals surface area contributed by atoms with Gasteiger partial charge in [-0.25, -0.2) is 15.0 Å². The van der Waals surface area contributed by atoms with Crippen LogP contribution in [0.5, 0.6) is 17.4 Å². The first kappa shape index (κ1) is 24.4. The van der Waals surface area contributed by atoms with Crippen LogP contribution < -0.4 is 20.1 Å². The van der Waals surface area contributed by atoms with Crippen molar-refractivity contribution in [1.82, 2.24) is 19.5 Å². The molecule has 5 aromatic rings. The van der Waals surface area contributed by atoms with E-state index in [1.54, 1.807) is 13.4 Å². The lowest BCUT2D eigenvalue weighted by atomic mass is 9.95. The van der Waals surface area contributed by atoms with E-state index in [2.05, 4.69) is 42.8 Å². The van der Waals surface area contributed by atoms with Crippen molar-refractivity contribution in [2.45, 2.75) is 19.7 Å². The zero-order valence-corrected chi connectivity index (χ0v) is 21.9. The molecule has 1 unspecified atom stereocenters. The topological polar surface area (TPSA) is 106 Å². The highest BCUT2D eigenvalue weighted by molar-refractivity contribution is 6.09. The summed E-state index contributed by atoms with van der Waals surface area (Å²) in [6.07, 6.45) is 2.10. The SMILES string of the molecule is C=CC(O)Nc1ccc(-c2c3c4c(ncnc4n2C)NCc2cc(Oc4cccc(C)n4)ccc2-3)cc1OC. The molecular formula is C30H28N6O3. The van der Waals surface area contributed by atoms with E-state index < -0.39 is 6.23 Å². The van der Waals surface area contributed by atoms with Gasteiger partial charge in [-0.05, 0) is 54.5 Å². The zero-order chi connectivity index (χ0) is 27.1. The summed E-state index contributed by atoms with van der Waals surface area (Å²) in [5.41, 5.74) is 7.42. The van der Waals surface area contributed by atoms with Crippen molar-refractivity contribution in [3.05, 3.63) is 84.8 Å². The standard InChI is InChI=1S/C30H28N6O3/c1-5-24(37)35-22-12-9-18(14-23(22)38-4)28-26-21-11-10-20(39-25-8-6-7-17(2)34-25)13-19(21)15-31-29-27(26)30(36(28)3)33-16-32-29/h5-14,16,24,35,37H,1,15H2,2-4H3,(H,31,32,33). The monoisotopic (exact) mass is 520 g/mol. The van der Waals surface area contributed by atoms with E-state index in [0.29, 0.717) is 29.6 Å². The summed E-state index contributed by atoms with van der Waals surface area (Å²) in [6.45, 7) is 6.14. The first-order valence-corrected chi connectivity index (χ1v) is 12.5. The van der Waals surface area contributed by atoms with Gasteiger partial charge in [0.15, 0.2) is 0 Å². The third kappa shape index (κ3) is 4.32. The number of aliphatic hydroxyl groups is 1. The number of nitrogens with one attached hydrogen (secondary N) is 2. The number of rotatable bonds is 7. The van der Waals surface area contributed by atoms with Crippen LogP contribution in [0, 0.1) is 6.92 Å². The highest BCUT2D eigenvalue weighted by Gasteiger charge is 2.27. The highest BCUT2D eigenvalue weighted by atomic mass is 16.5. The van der Waals surface area contributed by atoms with Gasteiger partial charge in [-0.15, -0.1) is 0 Å². The Hall–Kier alpha value is -4.89. The predicted octanol–water partition coefficient (Wildman–Crippen LogP) is 5.65. The summed E-state index contributed by atoms with van der Waals surface area (Å²) in [7, 11) is 3.61. The Bertz CT molecular complexity index is 1730. The average Bonchev–Trinajstić information content (AvgIpc) is 3.14. The molecule has 9 nitrogen and oxygen atoms in total. The Morgan fingerprint density at radius 3 is 2.82 bits per heavy atom. The number of hydrogen-bond donors (Lipinski definition) is 3. The molecule has 3 N–H and O–H groups in total. The summed E-state index contributed by atoms with van der Waals surface area (Å²) in [4.78, 5) is 13.7. The molecule has 0 saturated heterocycles. The third-order valence-corrected chi connectivity index (χ3v) is 6.85. The molecule has 0 radical (unpaired) electrons. The van der Waals surface area contributed by atoms with Gasteiger partial charge in [-0.1, -0.05) is 24.8 Å². The smallest absolute Gasteiger partial charge is 0.219 e. The summed E-state index contributed by atoms with van der Waals surface area (Å²) in [6, 6.07) is 17.6. The molecule has 6 rings (SSSR count). The minimum atomic E-state index is -0.894. The Labute approximate surface area is 225 Å². The van der Waals surface area contributed by atoms with Gasteiger partial charge >= 0.3 is 0 Å². The molecule has 4 heterocycles. The van der Waals surface area contributed by atoms with Gasteiger partial charge in [0.25, 0.3) is 0 Å². The number of aliphatic hydroxyl groups excluding tert-OH is 1. The molecule has 2 aromatic carbocycles. The second-order valence-corrected chi connectivity index (χ2v) is 9.34. The fraction of sp³-hybridized carbons (Fsp3) is 0.167. The first-order valence-electron chi connectivity index (χ1n) is 12.5. The maximum Gasteiger partial charge on any atom is 0.219 e. The molecule has 0 amide bonds. The normalized spacial score (nSPS) is 12.7. The summed E-state index contributed by atoms with van der Waals surface area (Å²) in [5.74, 6) is 2.63. The Kier molecular flexibility index (Phi) is 6.12. The van der Waals surface area contributed by atoms with Crippen LogP contribution in [0.3, 0.4) is 0 Å². The maximum atomic E-state index is 10.0. The predicted molar refractivity (Wildman–Crippen MR) is 152 cm³/mol. The van der Waals surface area contributed by atoms with E-state index in [-0.39, 0.29) is 0 Å². The number of fused-ring (bicyclic) bond motifs is 2. The molecular weight excluding hydrogens is 492 g/mol. The van der Waals surface area contributed by atoms with Crippen molar-refractivity contribution in [3.63, 3.8) is 0 Å². The molecule has 0 aliphatic carbocycles. The quantitative estimate of drug-likeness (QED) is 0.187. The largest absolute Gasteiger partial charge is 0.495 e. The van der Waals surface area contributed by atoms with Crippen molar-refractivity contribution < 1.29 is 14.6 Å². The molecule has 0 spiro atoms. The van der Waals surface area contributed by atoms with Crippen molar-refractivity contribution in [2.24, 2.45) is 7.05 Å². The van der Waals surface area contributed by atoms with Crippen molar-refractivity contribution in [3.8, 4) is 39.8 Å². The van der Waals surface area contributed by atoms with Gasteiger partial charge in [0.2, 0.25) is 5.88 Å². The van der Waals surface area contributed by atoms with Crippen LogP contribution >= 0.6 is 0 Å². The van der Waals surface area contributed by atoms with Crippen LogP contribution in [0.15, 0.2) is 73.6 Å². The molecule has 3 aromatic heterocycles. The number of ether oxygens (including phenoxy) is 2. The number of nitrogens with zero attached hydrogens (tertiary/aromatic N) is 4.